The van der Waals surface area contributed by atoms with Crippen LogP contribution in [0.4, 0.5) is 5.69 Å². The van der Waals surface area contributed by atoms with E-state index in [1.54, 1.807) is 70.4 Å². The lowest BCUT2D eigenvalue weighted by atomic mass is 9.96. The molecule has 5 rings (SSSR count). The van der Waals surface area contributed by atoms with E-state index in [9.17, 15) is 19.7 Å². The van der Waals surface area contributed by atoms with Crippen molar-refractivity contribution in [3.05, 3.63) is 112 Å². The van der Waals surface area contributed by atoms with Crippen LogP contribution in [0.3, 0.4) is 0 Å². The Bertz CT molecular complexity index is 1900. The molecule has 0 radical (unpaired) electrons. The summed E-state index contributed by atoms with van der Waals surface area (Å²) in [4.78, 5) is 43.0. The second-order valence-corrected chi connectivity index (χ2v) is 10.5. The Kier molecular flexibility index (Phi) is 7.46. The number of carbonyl (C=O) groups is 1. The van der Waals surface area contributed by atoms with Crippen LogP contribution in [-0.2, 0) is 9.53 Å². The molecule has 0 saturated carbocycles. The minimum atomic E-state index is -0.749. The molecular weight excluding hydrogens is 546 g/mol. The van der Waals surface area contributed by atoms with Crippen LogP contribution in [0.25, 0.3) is 17.4 Å². The Labute approximate surface area is 238 Å². The van der Waals surface area contributed by atoms with Gasteiger partial charge < -0.3 is 13.9 Å². The summed E-state index contributed by atoms with van der Waals surface area (Å²) in [5.41, 5.74) is 3.05. The molecule has 0 bridgehead atoms. The van der Waals surface area contributed by atoms with Gasteiger partial charge in [-0.15, -0.1) is 0 Å². The minimum Gasteiger partial charge on any atom is -0.497 e. The van der Waals surface area contributed by atoms with Crippen molar-refractivity contribution in [1.82, 2.24) is 4.57 Å². The first-order chi connectivity index (χ1) is 19.6. The Morgan fingerprint density at radius 1 is 1.17 bits per heavy atom. The van der Waals surface area contributed by atoms with Gasteiger partial charge in [0.05, 0.1) is 40.5 Å². The summed E-state index contributed by atoms with van der Waals surface area (Å²) < 4.78 is 18.5. The number of methoxy groups -OCH3 is 1. The molecule has 2 aromatic carbocycles. The molecule has 10 nitrogen and oxygen atoms in total. The number of nitro benzene ring substituents is 1. The fourth-order valence-electron chi connectivity index (χ4n) is 4.78. The number of nitrogens with zero attached hydrogens (tertiary/aromatic N) is 3. The highest BCUT2D eigenvalue weighted by molar-refractivity contribution is 7.07. The third-order valence-corrected chi connectivity index (χ3v) is 7.95. The number of allylic oxidation sites excluding steroid dienone is 1. The number of aromatic nitrogens is 1. The van der Waals surface area contributed by atoms with E-state index in [2.05, 4.69) is 4.99 Å². The fraction of sp³-hybridized carbons (Fsp3) is 0.233. The Balaban J connectivity index is 1.62. The molecule has 3 heterocycles. The lowest BCUT2D eigenvalue weighted by Gasteiger charge is -2.24. The number of hydrogen-bond acceptors (Lipinski definition) is 9. The lowest BCUT2D eigenvalue weighted by molar-refractivity contribution is -0.385. The number of fused-ring (bicyclic) bond motifs is 1. The summed E-state index contributed by atoms with van der Waals surface area (Å²) in [6.45, 7) is 7.14. The van der Waals surface area contributed by atoms with Gasteiger partial charge in [-0.25, -0.2) is 9.79 Å². The molecule has 210 valence electrons. The molecule has 0 saturated heterocycles. The van der Waals surface area contributed by atoms with Crippen molar-refractivity contribution < 1.29 is 23.6 Å². The molecule has 41 heavy (non-hydrogen) atoms. The third-order valence-electron chi connectivity index (χ3n) is 6.97. The number of ether oxygens (including phenoxy) is 2. The quantitative estimate of drug-likeness (QED) is 0.180. The summed E-state index contributed by atoms with van der Waals surface area (Å²) in [6, 6.07) is 13.1. The van der Waals surface area contributed by atoms with Crippen molar-refractivity contribution in [2.24, 2.45) is 4.99 Å². The molecule has 1 unspecified atom stereocenters. The van der Waals surface area contributed by atoms with Crippen molar-refractivity contribution in [2.45, 2.75) is 33.7 Å². The van der Waals surface area contributed by atoms with Crippen molar-refractivity contribution in [1.29, 1.82) is 0 Å². The number of thiazole rings is 1. The molecule has 0 fully saturated rings. The SMILES string of the molecule is CCOC(=O)C1=C(C)N=c2sc(=Cc3ccc(-c4cc(C)c(C)c([N+](=O)[O-])c4)o3)c(=O)n2C1c1ccc(OC)cc1. The molecule has 0 amide bonds. The van der Waals surface area contributed by atoms with Crippen molar-refractivity contribution in [3.63, 3.8) is 0 Å². The summed E-state index contributed by atoms with van der Waals surface area (Å²) in [5, 5.41) is 11.5. The fourth-order valence-corrected chi connectivity index (χ4v) is 5.81. The van der Waals surface area contributed by atoms with Crippen molar-refractivity contribution in [3.8, 4) is 17.1 Å². The Hall–Kier alpha value is -4.77. The van der Waals surface area contributed by atoms with E-state index in [-0.39, 0.29) is 23.4 Å². The second-order valence-electron chi connectivity index (χ2n) is 9.47. The van der Waals surface area contributed by atoms with E-state index < -0.39 is 16.9 Å². The van der Waals surface area contributed by atoms with E-state index in [0.717, 1.165) is 5.56 Å². The van der Waals surface area contributed by atoms with Crippen LogP contribution in [0.1, 0.15) is 42.3 Å². The summed E-state index contributed by atoms with van der Waals surface area (Å²) in [5.74, 6) is 0.935. The van der Waals surface area contributed by atoms with Gasteiger partial charge in [0.1, 0.15) is 17.3 Å². The van der Waals surface area contributed by atoms with Gasteiger partial charge in [-0.2, -0.15) is 0 Å². The highest BCUT2D eigenvalue weighted by Gasteiger charge is 2.33. The van der Waals surface area contributed by atoms with Crippen LogP contribution in [0.5, 0.6) is 5.75 Å². The number of carbonyl (C=O) groups excluding carboxylic acids is 1. The molecule has 0 spiro atoms. The average molecular weight is 574 g/mol. The molecule has 0 aliphatic carbocycles. The zero-order valence-corrected chi connectivity index (χ0v) is 23.9. The number of furan rings is 1. The second kappa shape index (κ2) is 11.0. The zero-order valence-electron chi connectivity index (χ0n) is 23.1. The van der Waals surface area contributed by atoms with Gasteiger partial charge in [0.2, 0.25) is 0 Å². The van der Waals surface area contributed by atoms with Crippen LogP contribution in [-0.4, -0.2) is 29.2 Å². The largest absolute Gasteiger partial charge is 0.497 e. The normalized spacial score (nSPS) is 15.0. The topological polar surface area (TPSA) is 126 Å². The van der Waals surface area contributed by atoms with Crippen LogP contribution in [0.2, 0.25) is 0 Å². The van der Waals surface area contributed by atoms with E-state index in [4.69, 9.17) is 13.9 Å². The van der Waals surface area contributed by atoms with Crippen LogP contribution in [0.15, 0.2) is 74.0 Å². The van der Waals surface area contributed by atoms with E-state index in [1.165, 1.54) is 22.0 Å². The highest BCUT2D eigenvalue weighted by atomic mass is 32.1. The smallest absolute Gasteiger partial charge is 0.338 e. The number of nitro groups is 1. The predicted molar refractivity (Wildman–Crippen MR) is 154 cm³/mol. The summed E-state index contributed by atoms with van der Waals surface area (Å²) >= 11 is 1.18. The van der Waals surface area contributed by atoms with E-state index in [1.807, 2.05) is 13.0 Å². The number of benzene rings is 2. The molecule has 1 atom stereocenters. The predicted octanol–water partition coefficient (Wildman–Crippen LogP) is 4.59. The first kappa shape index (κ1) is 27.8. The summed E-state index contributed by atoms with van der Waals surface area (Å²) in [6.07, 6.45) is 1.61. The first-order valence-corrected chi connectivity index (χ1v) is 13.6. The van der Waals surface area contributed by atoms with Gasteiger partial charge >= 0.3 is 5.97 Å². The van der Waals surface area contributed by atoms with E-state index >= 15 is 0 Å². The van der Waals surface area contributed by atoms with E-state index in [0.29, 0.717) is 49.0 Å². The number of hydrogen-bond donors (Lipinski definition) is 0. The van der Waals surface area contributed by atoms with Gasteiger partial charge in [-0.05, 0) is 69.2 Å². The molecule has 0 N–H and O–H groups in total. The highest BCUT2D eigenvalue weighted by Crippen LogP contribution is 2.33. The van der Waals surface area contributed by atoms with Gasteiger partial charge in [0, 0.05) is 23.3 Å². The van der Waals surface area contributed by atoms with Crippen molar-refractivity contribution >= 4 is 29.1 Å². The maximum atomic E-state index is 13.8. The van der Waals surface area contributed by atoms with Crippen molar-refractivity contribution in [2.75, 3.05) is 13.7 Å². The van der Waals surface area contributed by atoms with Gasteiger partial charge in [0.15, 0.2) is 4.80 Å². The Morgan fingerprint density at radius 2 is 1.90 bits per heavy atom. The lowest BCUT2D eigenvalue weighted by Crippen LogP contribution is -2.39. The maximum Gasteiger partial charge on any atom is 0.338 e. The third kappa shape index (κ3) is 5.11. The monoisotopic (exact) mass is 573 g/mol. The molecule has 11 heteroatoms. The first-order valence-electron chi connectivity index (χ1n) is 12.8. The summed E-state index contributed by atoms with van der Waals surface area (Å²) in [7, 11) is 1.56. The molecular formula is C30H27N3O7S. The standard InChI is InChI=1S/C30H27N3O7S/c1-6-39-29(35)26-18(4)31-30-32(27(26)19-7-9-21(38-5)10-8-19)28(34)25(41-30)15-22-11-12-24(40-22)20-13-16(2)17(3)23(14-20)33(36)37/h7-15,27H,6H2,1-5H3. The number of rotatable bonds is 7. The number of esters is 1. The molecule has 1 aliphatic heterocycles. The van der Waals surface area contributed by atoms with Gasteiger partial charge in [-0.3, -0.25) is 19.5 Å². The molecule has 4 aromatic rings. The maximum absolute atomic E-state index is 13.8. The van der Waals surface area contributed by atoms with Crippen LogP contribution < -0.4 is 19.6 Å². The van der Waals surface area contributed by atoms with Gasteiger partial charge in [0.25, 0.3) is 11.2 Å². The average Bonchev–Trinajstić information content (AvgIpc) is 3.53. The molecule has 1 aliphatic rings. The minimum absolute atomic E-state index is 0.0116. The van der Waals surface area contributed by atoms with Crippen LogP contribution >= 0.6 is 11.3 Å². The molecule has 2 aromatic heterocycles. The Morgan fingerprint density at radius 3 is 2.56 bits per heavy atom. The van der Waals surface area contributed by atoms with Gasteiger partial charge in [-0.1, -0.05) is 23.5 Å². The van der Waals surface area contributed by atoms with Crippen LogP contribution in [0, 0.1) is 24.0 Å². The zero-order chi connectivity index (χ0) is 29.4. The number of aryl methyl sites for hydroxylation is 1.